The van der Waals surface area contributed by atoms with Crippen LogP contribution in [0.25, 0.3) is 0 Å². The highest BCUT2D eigenvalue weighted by Gasteiger charge is 2.30. The molecular weight excluding hydrogens is 430 g/mol. The van der Waals surface area contributed by atoms with Gasteiger partial charge in [0.15, 0.2) is 0 Å². The number of benzene rings is 2. The number of nitrogens with zero attached hydrogens (tertiary/aromatic N) is 3. The first kappa shape index (κ1) is 23.8. The maximum absolute atomic E-state index is 13.2. The summed E-state index contributed by atoms with van der Waals surface area (Å²) in [7, 11) is 3.40. The summed E-state index contributed by atoms with van der Waals surface area (Å²) >= 11 is 0. The van der Waals surface area contributed by atoms with Crippen molar-refractivity contribution in [3.8, 4) is 5.75 Å². The molecule has 0 saturated carbocycles. The molecule has 2 heterocycles. The second-order valence-electron chi connectivity index (χ2n) is 9.12. The topological polar surface area (TPSA) is 70.2 Å². The van der Waals surface area contributed by atoms with E-state index in [-0.39, 0.29) is 23.6 Å². The molecule has 7 nitrogen and oxygen atoms in total. The maximum atomic E-state index is 13.2. The summed E-state index contributed by atoms with van der Waals surface area (Å²) < 4.78 is 5.18. The number of methoxy groups -OCH3 is 1. The van der Waals surface area contributed by atoms with Gasteiger partial charge in [-0.15, -0.1) is 0 Å². The van der Waals surface area contributed by atoms with Crippen LogP contribution in [-0.4, -0.2) is 56.4 Å². The Balaban J connectivity index is 1.36. The van der Waals surface area contributed by atoms with Crippen LogP contribution >= 0.6 is 0 Å². The molecule has 2 fully saturated rings. The Hall–Kier alpha value is -3.35. The van der Waals surface area contributed by atoms with Crippen molar-refractivity contribution in [2.24, 2.45) is 5.92 Å². The predicted octanol–water partition coefficient (Wildman–Crippen LogP) is 3.66. The van der Waals surface area contributed by atoms with Crippen LogP contribution in [-0.2, 0) is 20.8 Å². The summed E-state index contributed by atoms with van der Waals surface area (Å²) in [6.07, 6.45) is 4.46. The molecule has 0 aliphatic carbocycles. The molecule has 2 saturated heterocycles. The van der Waals surface area contributed by atoms with Crippen LogP contribution in [0.5, 0.6) is 5.75 Å². The second kappa shape index (κ2) is 10.7. The maximum Gasteiger partial charge on any atom is 0.231 e. The highest BCUT2D eigenvalue weighted by Crippen LogP contribution is 2.26. The lowest BCUT2D eigenvalue weighted by atomic mass is 9.95. The third kappa shape index (κ3) is 5.41. The third-order valence-electron chi connectivity index (χ3n) is 6.84. The quantitative estimate of drug-likeness (QED) is 0.656. The molecule has 1 atom stereocenters. The number of hydrogen-bond acceptors (Lipinski definition) is 4. The molecular formula is C27H33N3O4. The molecule has 0 unspecified atom stereocenters. The van der Waals surface area contributed by atoms with Gasteiger partial charge in [0.25, 0.3) is 0 Å². The van der Waals surface area contributed by atoms with Crippen molar-refractivity contribution >= 4 is 29.1 Å². The van der Waals surface area contributed by atoms with E-state index in [9.17, 15) is 14.4 Å². The van der Waals surface area contributed by atoms with E-state index < -0.39 is 0 Å². The summed E-state index contributed by atoms with van der Waals surface area (Å²) in [6, 6.07) is 15.1. The summed E-state index contributed by atoms with van der Waals surface area (Å²) in [4.78, 5) is 43.6. The number of amides is 3. The fourth-order valence-electron chi connectivity index (χ4n) is 4.77. The first-order chi connectivity index (χ1) is 16.5. The molecule has 0 spiro atoms. The van der Waals surface area contributed by atoms with Crippen molar-refractivity contribution in [2.75, 3.05) is 43.6 Å². The lowest BCUT2D eigenvalue weighted by Gasteiger charge is -2.34. The Bertz CT molecular complexity index is 1020. The summed E-state index contributed by atoms with van der Waals surface area (Å²) in [6.45, 7) is 1.87. The molecule has 180 valence electrons. The standard InChI is InChI=1S/C27H33N3O4/c1-28(22-10-12-23(13-11-22)30-17-4-3-7-25(30)31)27(33)21-6-5-16-29(19-21)26(32)18-20-8-14-24(34-2)15-9-20/h8-15,21H,3-7,16-19H2,1-2H3/t21-/m1/s1. The van der Waals surface area contributed by atoms with Gasteiger partial charge in [0.2, 0.25) is 17.7 Å². The van der Waals surface area contributed by atoms with E-state index in [1.807, 2.05) is 58.3 Å². The summed E-state index contributed by atoms with van der Waals surface area (Å²) in [5.41, 5.74) is 2.60. The molecule has 0 aromatic heterocycles. The minimum atomic E-state index is -0.220. The summed E-state index contributed by atoms with van der Waals surface area (Å²) in [5, 5.41) is 0. The van der Waals surface area contributed by atoms with Crippen LogP contribution in [0, 0.1) is 5.92 Å². The minimum absolute atomic E-state index is 0.0174. The molecule has 0 radical (unpaired) electrons. The molecule has 0 bridgehead atoms. The molecule has 3 amide bonds. The van der Waals surface area contributed by atoms with Gasteiger partial charge in [0, 0.05) is 44.5 Å². The van der Waals surface area contributed by atoms with Gasteiger partial charge in [-0.05, 0) is 67.6 Å². The van der Waals surface area contributed by atoms with Crippen molar-refractivity contribution in [1.29, 1.82) is 0 Å². The number of ether oxygens (including phenoxy) is 1. The normalized spacial score (nSPS) is 18.5. The van der Waals surface area contributed by atoms with Gasteiger partial charge in [-0.3, -0.25) is 14.4 Å². The molecule has 4 rings (SSSR count). The highest BCUT2D eigenvalue weighted by molar-refractivity contribution is 5.97. The van der Waals surface area contributed by atoms with Crippen LogP contribution in [0.15, 0.2) is 48.5 Å². The van der Waals surface area contributed by atoms with Gasteiger partial charge in [-0.1, -0.05) is 12.1 Å². The number of piperidine rings is 2. The lowest BCUT2D eigenvalue weighted by molar-refractivity contribution is -0.134. The zero-order chi connectivity index (χ0) is 24.1. The van der Waals surface area contributed by atoms with Crippen LogP contribution in [0.1, 0.15) is 37.7 Å². The smallest absolute Gasteiger partial charge is 0.231 e. The van der Waals surface area contributed by atoms with E-state index in [1.165, 1.54) is 0 Å². The molecule has 2 aliphatic rings. The van der Waals surface area contributed by atoms with Crippen LogP contribution in [0.4, 0.5) is 11.4 Å². The van der Waals surface area contributed by atoms with Gasteiger partial charge < -0.3 is 19.4 Å². The number of anilines is 2. The van der Waals surface area contributed by atoms with Crippen molar-refractivity contribution in [3.63, 3.8) is 0 Å². The van der Waals surface area contributed by atoms with Crippen LogP contribution < -0.4 is 14.5 Å². The fourth-order valence-corrected chi connectivity index (χ4v) is 4.77. The number of hydrogen-bond donors (Lipinski definition) is 0. The van der Waals surface area contributed by atoms with Crippen LogP contribution in [0.3, 0.4) is 0 Å². The van der Waals surface area contributed by atoms with Gasteiger partial charge in [-0.2, -0.15) is 0 Å². The largest absolute Gasteiger partial charge is 0.497 e. The number of rotatable bonds is 6. The summed E-state index contributed by atoms with van der Waals surface area (Å²) in [5.74, 6) is 0.759. The Labute approximate surface area is 201 Å². The van der Waals surface area contributed by atoms with E-state index in [2.05, 4.69) is 0 Å². The average Bonchev–Trinajstić information content (AvgIpc) is 2.89. The molecule has 0 N–H and O–H groups in total. The third-order valence-corrected chi connectivity index (χ3v) is 6.84. The number of carbonyl (C=O) groups excluding carboxylic acids is 3. The Kier molecular flexibility index (Phi) is 7.50. The van der Waals surface area contributed by atoms with Gasteiger partial charge in [0.1, 0.15) is 5.75 Å². The number of carbonyl (C=O) groups is 3. The average molecular weight is 464 g/mol. The SMILES string of the molecule is COc1ccc(CC(=O)N2CCC[C@@H](C(=O)N(C)c3ccc(N4CCCCC4=O)cc3)C2)cc1. The van der Waals surface area contributed by atoms with Crippen molar-refractivity contribution in [3.05, 3.63) is 54.1 Å². The van der Waals surface area contributed by atoms with Gasteiger partial charge in [0.05, 0.1) is 19.4 Å². The zero-order valence-electron chi connectivity index (χ0n) is 20.0. The minimum Gasteiger partial charge on any atom is -0.497 e. The van der Waals surface area contributed by atoms with E-state index in [4.69, 9.17) is 4.74 Å². The van der Waals surface area contributed by atoms with E-state index >= 15 is 0 Å². The van der Waals surface area contributed by atoms with Crippen LogP contribution in [0.2, 0.25) is 0 Å². The Morgan fingerprint density at radius 2 is 1.74 bits per heavy atom. The van der Waals surface area contributed by atoms with Gasteiger partial charge in [-0.25, -0.2) is 0 Å². The van der Waals surface area contributed by atoms with E-state index in [1.54, 1.807) is 19.1 Å². The van der Waals surface area contributed by atoms with E-state index in [0.29, 0.717) is 25.9 Å². The molecule has 2 aliphatic heterocycles. The lowest BCUT2D eigenvalue weighted by Crippen LogP contribution is -2.46. The molecule has 2 aromatic rings. The molecule has 7 heteroatoms. The monoisotopic (exact) mass is 463 g/mol. The molecule has 2 aromatic carbocycles. The second-order valence-corrected chi connectivity index (χ2v) is 9.12. The Morgan fingerprint density at radius 3 is 2.41 bits per heavy atom. The van der Waals surface area contributed by atoms with Crippen molar-refractivity contribution in [2.45, 2.75) is 38.5 Å². The Morgan fingerprint density at radius 1 is 1.00 bits per heavy atom. The van der Waals surface area contributed by atoms with Crippen molar-refractivity contribution in [1.82, 2.24) is 4.90 Å². The predicted molar refractivity (Wildman–Crippen MR) is 132 cm³/mol. The van der Waals surface area contributed by atoms with Crippen molar-refractivity contribution < 1.29 is 19.1 Å². The zero-order valence-corrected chi connectivity index (χ0v) is 20.0. The highest BCUT2D eigenvalue weighted by atomic mass is 16.5. The first-order valence-corrected chi connectivity index (χ1v) is 12.0. The molecule has 34 heavy (non-hydrogen) atoms. The first-order valence-electron chi connectivity index (χ1n) is 12.0. The fraction of sp³-hybridized carbons (Fsp3) is 0.444. The van der Waals surface area contributed by atoms with Gasteiger partial charge >= 0.3 is 0 Å². The van der Waals surface area contributed by atoms with E-state index in [0.717, 1.165) is 54.9 Å². The number of likely N-dealkylation sites (tertiary alicyclic amines) is 1.